The summed E-state index contributed by atoms with van der Waals surface area (Å²) in [7, 11) is 0. The molecule has 1 atom stereocenters. The highest BCUT2D eigenvalue weighted by molar-refractivity contribution is 5.90. The topological polar surface area (TPSA) is 102 Å². The first-order valence-electron chi connectivity index (χ1n) is 7.43. The maximum absolute atomic E-state index is 12.3. The molecular weight excluding hydrogens is 260 g/mol. The van der Waals surface area contributed by atoms with Crippen molar-refractivity contribution < 1.29 is 19.4 Å². The average Bonchev–Trinajstić information content (AvgIpc) is 2.45. The molecule has 2 fully saturated rings. The number of aliphatic carboxylic acids is 1. The maximum atomic E-state index is 12.3. The molecule has 0 spiro atoms. The van der Waals surface area contributed by atoms with Crippen molar-refractivity contribution in [3.05, 3.63) is 0 Å². The fraction of sp³-hybridized carbons (Fsp3) is 0.857. The molecule has 2 rings (SSSR count). The lowest BCUT2D eigenvalue weighted by atomic mass is 9.83. The Kier molecular flexibility index (Phi) is 4.99. The Morgan fingerprint density at radius 1 is 1.20 bits per heavy atom. The molecule has 6 nitrogen and oxygen atoms in total. The molecule has 20 heavy (non-hydrogen) atoms. The maximum Gasteiger partial charge on any atom is 0.326 e. The molecule has 0 bridgehead atoms. The summed E-state index contributed by atoms with van der Waals surface area (Å²) >= 11 is 0. The normalized spacial score (nSPS) is 24.9. The summed E-state index contributed by atoms with van der Waals surface area (Å²) in [5, 5.41) is 12.1. The second-order valence-corrected chi connectivity index (χ2v) is 5.96. The Labute approximate surface area is 119 Å². The third kappa shape index (κ3) is 3.49. The predicted octanol–water partition coefficient (Wildman–Crippen LogP) is 0.644. The molecule has 0 aromatic rings. The van der Waals surface area contributed by atoms with E-state index in [1.807, 2.05) is 0 Å². The van der Waals surface area contributed by atoms with Crippen LogP contribution in [0.15, 0.2) is 0 Å². The fourth-order valence-corrected chi connectivity index (χ4v) is 3.10. The molecular formula is C14H24N2O4. The molecule has 0 radical (unpaired) electrons. The zero-order chi connectivity index (χ0) is 14.6. The van der Waals surface area contributed by atoms with Gasteiger partial charge >= 0.3 is 5.97 Å². The van der Waals surface area contributed by atoms with Crippen molar-refractivity contribution in [2.45, 2.75) is 56.5 Å². The summed E-state index contributed by atoms with van der Waals surface area (Å²) in [4.78, 5) is 23.8. The van der Waals surface area contributed by atoms with Crippen LogP contribution in [0.1, 0.15) is 44.9 Å². The summed E-state index contributed by atoms with van der Waals surface area (Å²) in [6.07, 6.45) is 5.81. The van der Waals surface area contributed by atoms with Gasteiger partial charge in [-0.1, -0.05) is 19.3 Å². The first kappa shape index (κ1) is 15.3. The quantitative estimate of drug-likeness (QED) is 0.703. The third-order valence-corrected chi connectivity index (χ3v) is 4.51. The monoisotopic (exact) mass is 284 g/mol. The number of carboxylic acids is 1. The number of carbonyl (C=O) groups is 2. The molecule has 1 amide bonds. The van der Waals surface area contributed by atoms with E-state index in [2.05, 4.69) is 5.32 Å². The number of ether oxygens (including phenoxy) is 1. The lowest BCUT2D eigenvalue weighted by molar-refractivity contribution is -0.145. The smallest absolute Gasteiger partial charge is 0.326 e. The van der Waals surface area contributed by atoms with Gasteiger partial charge in [0, 0.05) is 13.2 Å². The van der Waals surface area contributed by atoms with Gasteiger partial charge in [-0.2, -0.15) is 0 Å². The fourth-order valence-electron chi connectivity index (χ4n) is 3.10. The number of rotatable bonds is 4. The van der Waals surface area contributed by atoms with Crippen molar-refractivity contribution >= 4 is 11.9 Å². The summed E-state index contributed by atoms with van der Waals surface area (Å²) < 4.78 is 5.21. The molecule has 1 unspecified atom stereocenters. The second kappa shape index (κ2) is 6.54. The van der Waals surface area contributed by atoms with E-state index < -0.39 is 17.6 Å². The van der Waals surface area contributed by atoms with Crippen LogP contribution in [0.2, 0.25) is 0 Å². The van der Waals surface area contributed by atoms with Crippen LogP contribution in [0, 0.1) is 5.92 Å². The number of carbonyl (C=O) groups excluding carboxylic acids is 1. The van der Waals surface area contributed by atoms with E-state index >= 15 is 0 Å². The standard InChI is InChI=1S/C14H24N2O4/c15-14(6-8-20-9-7-14)13(19)16-11(12(17)18)10-4-2-1-3-5-10/h10-11H,1-9,15H2,(H,16,19)(H,17,18). The number of hydrogen-bond donors (Lipinski definition) is 3. The van der Waals surface area contributed by atoms with E-state index in [0.717, 1.165) is 32.1 Å². The van der Waals surface area contributed by atoms with Gasteiger partial charge in [-0.25, -0.2) is 4.79 Å². The molecule has 4 N–H and O–H groups in total. The Hall–Kier alpha value is -1.14. The van der Waals surface area contributed by atoms with Crippen LogP contribution in [-0.4, -0.2) is 41.8 Å². The molecule has 1 heterocycles. The van der Waals surface area contributed by atoms with E-state index in [1.54, 1.807) is 0 Å². The van der Waals surface area contributed by atoms with Crippen molar-refractivity contribution in [2.24, 2.45) is 11.7 Å². The van der Waals surface area contributed by atoms with E-state index in [4.69, 9.17) is 10.5 Å². The van der Waals surface area contributed by atoms with E-state index in [0.29, 0.717) is 26.1 Å². The largest absolute Gasteiger partial charge is 0.480 e. The van der Waals surface area contributed by atoms with Gasteiger partial charge in [0.25, 0.3) is 0 Å². The predicted molar refractivity (Wildman–Crippen MR) is 73.1 cm³/mol. The van der Waals surface area contributed by atoms with Crippen LogP contribution in [0.4, 0.5) is 0 Å². The molecule has 114 valence electrons. The number of nitrogens with one attached hydrogen (secondary N) is 1. The number of carboxylic acid groups (broad SMARTS) is 1. The molecule has 0 aromatic carbocycles. The van der Waals surface area contributed by atoms with E-state index in [-0.39, 0.29) is 11.8 Å². The third-order valence-electron chi connectivity index (χ3n) is 4.51. The second-order valence-electron chi connectivity index (χ2n) is 5.96. The highest BCUT2D eigenvalue weighted by Crippen LogP contribution is 2.27. The Morgan fingerprint density at radius 2 is 1.80 bits per heavy atom. The molecule has 6 heteroatoms. The lowest BCUT2D eigenvalue weighted by Crippen LogP contribution is -2.60. The van der Waals surface area contributed by atoms with Gasteiger partial charge in [-0.05, 0) is 31.6 Å². The summed E-state index contributed by atoms with van der Waals surface area (Å²) in [6, 6.07) is -0.814. The molecule has 1 aliphatic carbocycles. The molecule has 2 aliphatic rings. The van der Waals surface area contributed by atoms with Crippen LogP contribution in [0.3, 0.4) is 0 Å². The Morgan fingerprint density at radius 3 is 2.35 bits per heavy atom. The summed E-state index contributed by atoms with van der Waals surface area (Å²) in [5.41, 5.74) is 5.11. The van der Waals surface area contributed by atoms with Gasteiger partial charge in [0.05, 0.1) is 5.54 Å². The first-order chi connectivity index (χ1) is 9.53. The van der Waals surface area contributed by atoms with E-state index in [1.165, 1.54) is 0 Å². The van der Waals surface area contributed by atoms with Gasteiger partial charge in [0.15, 0.2) is 0 Å². The Balaban J connectivity index is 1.99. The van der Waals surface area contributed by atoms with Crippen LogP contribution in [-0.2, 0) is 14.3 Å². The minimum Gasteiger partial charge on any atom is -0.480 e. The van der Waals surface area contributed by atoms with E-state index in [9.17, 15) is 14.7 Å². The van der Waals surface area contributed by atoms with Gasteiger partial charge in [-0.3, -0.25) is 4.79 Å². The van der Waals surface area contributed by atoms with Crippen LogP contribution < -0.4 is 11.1 Å². The van der Waals surface area contributed by atoms with Crippen molar-refractivity contribution in [3.63, 3.8) is 0 Å². The van der Waals surface area contributed by atoms with Gasteiger partial charge in [0.2, 0.25) is 5.91 Å². The minimum atomic E-state index is -0.985. The van der Waals surface area contributed by atoms with Crippen molar-refractivity contribution in [1.29, 1.82) is 0 Å². The highest BCUT2D eigenvalue weighted by atomic mass is 16.5. The highest BCUT2D eigenvalue weighted by Gasteiger charge is 2.39. The van der Waals surface area contributed by atoms with Crippen LogP contribution in [0.5, 0.6) is 0 Å². The summed E-state index contributed by atoms with van der Waals surface area (Å²) in [6.45, 7) is 0.899. The molecule has 1 saturated carbocycles. The van der Waals surface area contributed by atoms with Crippen molar-refractivity contribution in [2.75, 3.05) is 13.2 Å². The number of amides is 1. The SMILES string of the molecule is NC1(C(=O)NC(C(=O)O)C2CCCCC2)CCOCC1. The molecule has 1 aliphatic heterocycles. The van der Waals surface area contributed by atoms with Gasteiger partial charge < -0.3 is 20.9 Å². The Bertz CT molecular complexity index is 360. The number of hydrogen-bond acceptors (Lipinski definition) is 4. The average molecular weight is 284 g/mol. The zero-order valence-electron chi connectivity index (χ0n) is 11.8. The summed E-state index contributed by atoms with van der Waals surface area (Å²) in [5.74, 6) is -1.28. The minimum absolute atomic E-state index is 0.0219. The molecule has 0 aromatic heterocycles. The van der Waals surface area contributed by atoms with Gasteiger partial charge in [-0.15, -0.1) is 0 Å². The molecule has 1 saturated heterocycles. The van der Waals surface area contributed by atoms with Crippen LogP contribution in [0.25, 0.3) is 0 Å². The van der Waals surface area contributed by atoms with Crippen molar-refractivity contribution in [1.82, 2.24) is 5.32 Å². The first-order valence-corrected chi connectivity index (χ1v) is 7.43. The lowest BCUT2D eigenvalue weighted by Gasteiger charge is -2.35. The van der Waals surface area contributed by atoms with Gasteiger partial charge in [0.1, 0.15) is 6.04 Å². The van der Waals surface area contributed by atoms with Crippen LogP contribution >= 0.6 is 0 Å². The zero-order valence-corrected chi connectivity index (χ0v) is 11.8. The van der Waals surface area contributed by atoms with Crippen molar-refractivity contribution in [3.8, 4) is 0 Å². The number of nitrogens with two attached hydrogens (primary N) is 1.